The molecule has 2 aromatic carbocycles. The first kappa shape index (κ1) is 21.6. The van der Waals surface area contributed by atoms with Gasteiger partial charge in [-0.25, -0.2) is 9.78 Å². The van der Waals surface area contributed by atoms with Crippen molar-refractivity contribution in [2.45, 2.75) is 24.6 Å². The summed E-state index contributed by atoms with van der Waals surface area (Å²) in [4.78, 5) is 28.9. The number of amides is 1. The molecule has 0 spiro atoms. The number of rotatable bonds is 6. The summed E-state index contributed by atoms with van der Waals surface area (Å²) in [6.45, 7) is 0. The number of aromatic carboxylic acids is 1. The molecular weight excluding hydrogens is 450 g/mol. The highest BCUT2D eigenvalue weighted by Crippen LogP contribution is 2.52. The van der Waals surface area contributed by atoms with E-state index in [4.69, 9.17) is 4.74 Å². The first-order valence-electron chi connectivity index (χ1n) is 10.3. The number of hydrogen-bond acceptors (Lipinski definition) is 6. The SMILES string of the molecule is COc1cc(-c2cccc(NC(=O)C3(c4ccc5c(c4)OC(F)(F)O5)CC3)n2)ccc1C(=O)O. The second-order valence-corrected chi connectivity index (χ2v) is 7.99. The molecular formula is C24H18F2N2O6. The zero-order valence-electron chi connectivity index (χ0n) is 17.8. The Hall–Kier alpha value is -4.21. The van der Waals surface area contributed by atoms with Crippen LogP contribution in [0.15, 0.2) is 54.6 Å². The van der Waals surface area contributed by atoms with Crippen molar-refractivity contribution in [2.75, 3.05) is 12.4 Å². The van der Waals surface area contributed by atoms with Crippen LogP contribution in [0.25, 0.3) is 11.3 Å². The number of carbonyl (C=O) groups excluding carboxylic acids is 1. The van der Waals surface area contributed by atoms with Gasteiger partial charge in [-0.2, -0.15) is 0 Å². The van der Waals surface area contributed by atoms with Crippen molar-refractivity contribution < 1.29 is 37.7 Å². The van der Waals surface area contributed by atoms with Gasteiger partial charge < -0.3 is 24.6 Å². The van der Waals surface area contributed by atoms with E-state index >= 15 is 0 Å². The smallest absolute Gasteiger partial charge is 0.496 e. The topological polar surface area (TPSA) is 107 Å². The summed E-state index contributed by atoms with van der Waals surface area (Å²) in [6, 6.07) is 14.0. The van der Waals surface area contributed by atoms with Gasteiger partial charge in [-0.1, -0.05) is 18.2 Å². The zero-order chi connectivity index (χ0) is 24.1. The molecule has 1 amide bonds. The first-order valence-corrected chi connectivity index (χ1v) is 10.3. The Labute approximate surface area is 192 Å². The van der Waals surface area contributed by atoms with Crippen LogP contribution in [-0.2, 0) is 10.2 Å². The molecule has 1 aliphatic heterocycles. The average Bonchev–Trinajstić information content (AvgIpc) is 3.56. The van der Waals surface area contributed by atoms with Gasteiger partial charge in [0.2, 0.25) is 5.91 Å². The molecule has 0 saturated heterocycles. The fourth-order valence-corrected chi connectivity index (χ4v) is 3.95. The van der Waals surface area contributed by atoms with Crippen molar-refractivity contribution in [3.8, 4) is 28.5 Å². The van der Waals surface area contributed by atoms with Gasteiger partial charge in [-0.15, -0.1) is 8.78 Å². The third kappa shape index (κ3) is 3.76. The van der Waals surface area contributed by atoms with Gasteiger partial charge in [-0.3, -0.25) is 4.79 Å². The average molecular weight is 468 g/mol. The number of aromatic nitrogens is 1. The molecule has 3 aromatic rings. The van der Waals surface area contributed by atoms with E-state index in [1.165, 1.54) is 25.3 Å². The summed E-state index contributed by atoms with van der Waals surface area (Å²) in [7, 11) is 1.38. The molecule has 1 aliphatic carbocycles. The number of benzene rings is 2. The highest BCUT2D eigenvalue weighted by molar-refractivity contribution is 6.01. The van der Waals surface area contributed by atoms with E-state index in [0.717, 1.165) is 0 Å². The number of anilines is 1. The summed E-state index contributed by atoms with van der Waals surface area (Å²) >= 11 is 0. The van der Waals surface area contributed by atoms with Crippen LogP contribution in [0.5, 0.6) is 17.2 Å². The first-order chi connectivity index (χ1) is 16.2. The van der Waals surface area contributed by atoms with Gasteiger partial charge in [-0.05, 0) is 54.8 Å². The molecule has 1 fully saturated rings. The lowest BCUT2D eigenvalue weighted by Gasteiger charge is -2.16. The Bertz CT molecular complexity index is 1320. The number of hydrogen-bond donors (Lipinski definition) is 2. The maximum atomic E-state index is 13.3. The van der Waals surface area contributed by atoms with Gasteiger partial charge in [0.15, 0.2) is 11.5 Å². The Morgan fingerprint density at radius 1 is 1.06 bits per heavy atom. The predicted molar refractivity (Wildman–Crippen MR) is 115 cm³/mol. The van der Waals surface area contributed by atoms with Gasteiger partial charge in [0.1, 0.15) is 17.1 Å². The van der Waals surface area contributed by atoms with E-state index in [1.54, 1.807) is 36.4 Å². The van der Waals surface area contributed by atoms with E-state index < -0.39 is 17.7 Å². The molecule has 10 heteroatoms. The standard InChI is InChI=1S/C24H18F2N2O6/c1-32-18-11-13(5-7-15(18)21(29)30)16-3-2-4-20(27-16)28-22(31)23(9-10-23)14-6-8-17-19(12-14)34-24(25,26)33-17/h2-8,11-12H,9-10H2,1H3,(H,29,30)(H,27,28,31). The summed E-state index contributed by atoms with van der Waals surface area (Å²) in [5.41, 5.74) is 0.808. The third-order valence-corrected chi connectivity index (χ3v) is 5.86. The summed E-state index contributed by atoms with van der Waals surface area (Å²) in [5.74, 6) is -1.14. The third-order valence-electron chi connectivity index (χ3n) is 5.86. The molecule has 34 heavy (non-hydrogen) atoms. The van der Waals surface area contributed by atoms with Gasteiger partial charge in [0.05, 0.1) is 18.2 Å². The quantitative estimate of drug-likeness (QED) is 0.551. The monoisotopic (exact) mass is 468 g/mol. The molecule has 0 atom stereocenters. The minimum Gasteiger partial charge on any atom is -0.496 e. The van der Waals surface area contributed by atoms with Crippen molar-refractivity contribution in [3.63, 3.8) is 0 Å². The van der Waals surface area contributed by atoms with E-state index in [9.17, 15) is 23.5 Å². The Balaban J connectivity index is 1.38. The van der Waals surface area contributed by atoms with E-state index in [2.05, 4.69) is 19.8 Å². The van der Waals surface area contributed by atoms with Crippen molar-refractivity contribution in [1.29, 1.82) is 0 Å². The zero-order valence-corrected chi connectivity index (χ0v) is 17.8. The van der Waals surface area contributed by atoms with Gasteiger partial charge in [0.25, 0.3) is 0 Å². The van der Waals surface area contributed by atoms with E-state index in [1.807, 2.05) is 0 Å². The van der Waals surface area contributed by atoms with Crippen LogP contribution < -0.4 is 19.5 Å². The number of methoxy groups -OCH3 is 1. The minimum absolute atomic E-state index is 0.0212. The van der Waals surface area contributed by atoms with Crippen LogP contribution in [0.4, 0.5) is 14.6 Å². The van der Waals surface area contributed by atoms with Crippen LogP contribution in [0, 0.1) is 0 Å². The maximum Gasteiger partial charge on any atom is 0.586 e. The van der Waals surface area contributed by atoms with Crippen LogP contribution in [0.2, 0.25) is 0 Å². The lowest BCUT2D eigenvalue weighted by molar-refractivity contribution is -0.286. The molecule has 1 aromatic heterocycles. The van der Waals surface area contributed by atoms with E-state index in [0.29, 0.717) is 35.5 Å². The van der Waals surface area contributed by atoms with Crippen LogP contribution in [0.1, 0.15) is 28.8 Å². The second kappa shape index (κ2) is 7.68. The number of halogens is 2. The summed E-state index contributed by atoms with van der Waals surface area (Å²) < 4.78 is 40.8. The van der Waals surface area contributed by atoms with Crippen molar-refractivity contribution in [1.82, 2.24) is 4.98 Å². The van der Waals surface area contributed by atoms with Crippen LogP contribution in [-0.4, -0.2) is 35.4 Å². The highest BCUT2D eigenvalue weighted by atomic mass is 19.3. The molecule has 174 valence electrons. The van der Waals surface area contributed by atoms with E-state index in [-0.39, 0.29) is 28.7 Å². The summed E-state index contributed by atoms with van der Waals surface area (Å²) in [5, 5.41) is 12.1. The fourth-order valence-electron chi connectivity index (χ4n) is 3.95. The number of fused-ring (bicyclic) bond motifs is 1. The lowest BCUT2D eigenvalue weighted by atomic mass is 9.94. The summed E-state index contributed by atoms with van der Waals surface area (Å²) in [6.07, 6.45) is -2.64. The molecule has 0 unspecified atom stereocenters. The molecule has 5 rings (SSSR count). The molecule has 0 bridgehead atoms. The van der Waals surface area contributed by atoms with Crippen LogP contribution in [0.3, 0.4) is 0 Å². The number of carbonyl (C=O) groups is 2. The number of nitrogens with zero attached hydrogens (tertiary/aromatic N) is 1. The molecule has 1 saturated carbocycles. The number of carboxylic acid groups (broad SMARTS) is 1. The second-order valence-electron chi connectivity index (χ2n) is 7.99. The number of pyridine rings is 1. The Kier molecular flexibility index (Phi) is 4.89. The number of carboxylic acids is 1. The fraction of sp³-hybridized carbons (Fsp3) is 0.208. The van der Waals surface area contributed by atoms with Crippen molar-refractivity contribution >= 4 is 17.7 Å². The molecule has 2 N–H and O–H groups in total. The lowest BCUT2D eigenvalue weighted by Crippen LogP contribution is -2.28. The Morgan fingerprint density at radius 2 is 1.82 bits per heavy atom. The molecule has 8 nitrogen and oxygen atoms in total. The molecule has 2 aliphatic rings. The highest BCUT2D eigenvalue weighted by Gasteiger charge is 2.53. The molecule has 0 radical (unpaired) electrons. The predicted octanol–water partition coefficient (Wildman–Crippen LogP) is 4.45. The van der Waals surface area contributed by atoms with Crippen molar-refractivity contribution in [3.05, 3.63) is 65.7 Å². The van der Waals surface area contributed by atoms with Gasteiger partial charge >= 0.3 is 12.3 Å². The molecule has 2 heterocycles. The van der Waals surface area contributed by atoms with Gasteiger partial charge in [0, 0.05) is 5.56 Å². The van der Waals surface area contributed by atoms with Crippen molar-refractivity contribution in [2.24, 2.45) is 0 Å². The number of nitrogens with one attached hydrogen (secondary N) is 1. The Morgan fingerprint density at radius 3 is 2.53 bits per heavy atom. The maximum absolute atomic E-state index is 13.3. The normalized spacial score (nSPS) is 16.6. The minimum atomic E-state index is -3.73. The number of alkyl halides is 2. The van der Waals surface area contributed by atoms with Crippen LogP contribution >= 0.6 is 0 Å². The number of ether oxygens (including phenoxy) is 3. The largest absolute Gasteiger partial charge is 0.586 e.